The number of hydrogen-bond donors (Lipinski definition) is 2. The highest BCUT2D eigenvalue weighted by Crippen LogP contribution is 2.48. The first kappa shape index (κ1) is 21.3. The zero-order valence-corrected chi connectivity index (χ0v) is 18.7. The smallest absolute Gasteiger partial charge is 0.195 e. The minimum Gasteiger partial charge on any atom is -0.493 e. The van der Waals surface area contributed by atoms with Crippen LogP contribution in [0.5, 0.6) is 11.5 Å². The summed E-state index contributed by atoms with van der Waals surface area (Å²) in [6, 6.07) is 14.4. The van der Waals surface area contributed by atoms with E-state index in [2.05, 4.69) is 46.8 Å². The molecule has 6 heteroatoms. The van der Waals surface area contributed by atoms with Gasteiger partial charge in [0.25, 0.3) is 0 Å². The number of guanidine groups is 1. The van der Waals surface area contributed by atoms with Gasteiger partial charge in [-0.15, -0.1) is 24.0 Å². The van der Waals surface area contributed by atoms with Crippen LogP contribution in [0.3, 0.4) is 0 Å². The van der Waals surface area contributed by atoms with Gasteiger partial charge < -0.3 is 20.1 Å². The fraction of sp³-hybridized carbons (Fsp3) is 0.381. The molecule has 0 heterocycles. The van der Waals surface area contributed by atoms with Crippen LogP contribution in [-0.2, 0) is 5.41 Å². The van der Waals surface area contributed by atoms with Crippen molar-refractivity contribution in [2.45, 2.75) is 25.2 Å². The van der Waals surface area contributed by atoms with Crippen molar-refractivity contribution in [1.29, 1.82) is 0 Å². The number of halogens is 1. The average Bonchev–Trinajstić information content (AvgIpc) is 3.46. The van der Waals surface area contributed by atoms with Gasteiger partial charge in [-0.2, -0.15) is 0 Å². The van der Waals surface area contributed by atoms with E-state index in [0.29, 0.717) is 11.5 Å². The number of nitrogens with one attached hydrogen (secondary N) is 2. The Morgan fingerprint density at radius 2 is 1.78 bits per heavy atom. The first-order valence-corrected chi connectivity index (χ1v) is 8.88. The van der Waals surface area contributed by atoms with Crippen molar-refractivity contribution in [3.05, 3.63) is 53.6 Å². The summed E-state index contributed by atoms with van der Waals surface area (Å²) < 4.78 is 10.6. The molecule has 2 aromatic rings. The molecule has 0 spiro atoms. The molecule has 27 heavy (non-hydrogen) atoms. The molecular formula is C21H28IN3O2. The Balaban J connectivity index is 0.00000261. The molecule has 0 bridgehead atoms. The quantitative estimate of drug-likeness (QED) is 0.366. The molecule has 1 aliphatic carbocycles. The lowest BCUT2D eigenvalue weighted by molar-refractivity contribution is 0.355. The van der Waals surface area contributed by atoms with Gasteiger partial charge in [-0.05, 0) is 43.0 Å². The third-order valence-electron chi connectivity index (χ3n) is 5.03. The van der Waals surface area contributed by atoms with Crippen molar-refractivity contribution >= 4 is 35.6 Å². The summed E-state index contributed by atoms with van der Waals surface area (Å²) in [5, 5.41) is 6.80. The van der Waals surface area contributed by atoms with Crippen LogP contribution >= 0.6 is 24.0 Å². The van der Waals surface area contributed by atoms with Gasteiger partial charge in [0.1, 0.15) is 0 Å². The molecule has 3 rings (SSSR count). The summed E-state index contributed by atoms with van der Waals surface area (Å²) in [4.78, 5) is 4.35. The molecule has 0 amide bonds. The minimum absolute atomic E-state index is 0. The Bertz CT molecular complexity index is 804. The van der Waals surface area contributed by atoms with Gasteiger partial charge in [0.15, 0.2) is 17.5 Å². The molecular weight excluding hydrogens is 453 g/mol. The lowest BCUT2D eigenvalue weighted by Gasteiger charge is -2.21. The Labute approximate surface area is 178 Å². The van der Waals surface area contributed by atoms with E-state index in [4.69, 9.17) is 9.47 Å². The van der Waals surface area contributed by atoms with Gasteiger partial charge in [0, 0.05) is 30.8 Å². The number of aryl methyl sites for hydroxylation is 1. The fourth-order valence-electron chi connectivity index (χ4n) is 3.34. The number of ether oxygens (including phenoxy) is 2. The monoisotopic (exact) mass is 481 g/mol. The van der Waals surface area contributed by atoms with E-state index >= 15 is 0 Å². The number of anilines is 1. The third kappa shape index (κ3) is 4.86. The van der Waals surface area contributed by atoms with Crippen molar-refractivity contribution in [3.63, 3.8) is 0 Å². The van der Waals surface area contributed by atoms with Crippen molar-refractivity contribution in [3.8, 4) is 11.5 Å². The number of hydrogen-bond acceptors (Lipinski definition) is 3. The normalized spacial score (nSPS) is 14.7. The predicted molar refractivity (Wildman–Crippen MR) is 122 cm³/mol. The average molecular weight is 481 g/mol. The van der Waals surface area contributed by atoms with E-state index in [9.17, 15) is 0 Å². The molecule has 1 saturated carbocycles. The fourth-order valence-corrected chi connectivity index (χ4v) is 3.34. The number of benzene rings is 2. The second-order valence-corrected chi connectivity index (χ2v) is 6.72. The van der Waals surface area contributed by atoms with E-state index in [1.165, 1.54) is 24.0 Å². The Morgan fingerprint density at radius 1 is 1.07 bits per heavy atom. The maximum Gasteiger partial charge on any atom is 0.195 e. The number of nitrogens with zero attached hydrogens (tertiary/aromatic N) is 1. The summed E-state index contributed by atoms with van der Waals surface area (Å²) in [5.74, 6) is 2.14. The van der Waals surface area contributed by atoms with Crippen LogP contribution in [0.15, 0.2) is 47.5 Å². The summed E-state index contributed by atoms with van der Waals surface area (Å²) in [7, 11) is 5.04. The molecule has 2 N–H and O–H groups in total. The summed E-state index contributed by atoms with van der Waals surface area (Å²) in [6.07, 6.45) is 2.41. The maximum absolute atomic E-state index is 5.36. The summed E-state index contributed by atoms with van der Waals surface area (Å²) in [5.41, 5.74) is 3.92. The van der Waals surface area contributed by atoms with Gasteiger partial charge in [-0.1, -0.05) is 24.3 Å². The van der Waals surface area contributed by atoms with Crippen molar-refractivity contribution in [1.82, 2.24) is 5.32 Å². The first-order chi connectivity index (χ1) is 12.6. The molecule has 146 valence electrons. The molecule has 0 aromatic heterocycles. The molecule has 0 atom stereocenters. The standard InChI is InChI=1S/C21H27N3O2.HI/c1-15-7-5-6-8-17(15)21(11-12-21)14-23-20(22-2)24-16-9-10-18(25-3)19(13-16)26-4;/h5-10,13H,11-12,14H2,1-4H3,(H2,22,23,24);1H. The molecule has 0 saturated heterocycles. The highest BCUT2D eigenvalue weighted by Gasteiger charge is 2.44. The topological polar surface area (TPSA) is 54.9 Å². The van der Waals surface area contributed by atoms with Crippen LogP contribution in [0.2, 0.25) is 0 Å². The third-order valence-corrected chi connectivity index (χ3v) is 5.03. The van der Waals surface area contributed by atoms with Gasteiger partial charge in [0.2, 0.25) is 0 Å². The van der Waals surface area contributed by atoms with Gasteiger partial charge >= 0.3 is 0 Å². The molecule has 1 fully saturated rings. The molecule has 0 unspecified atom stereocenters. The number of aliphatic imine (C=N–C) groups is 1. The summed E-state index contributed by atoms with van der Waals surface area (Å²) in [6.45, 7) is 3.05. The lowest BCUT2D eigenvalue weighted by Crippen LogP contribution is -2.37. The van der Waals surface area contributed by atoms with E-state index in [-0.39, 0.29) is 29.4 Å². The van der Waals surface area contributed by atoms with Crippen LogP contribution in [-0.4, -0.2) is 33.8 Å². The van der Waals surface area contributed by atoms with E-state index in [1.54, 1.807) is 21.3 Å². The molecule has 0 radical (unpaired) electrons. The minimum atomic E-state index is 0. The lowest BCUT2D eigenvalue weighted by atomic mass is 9.92. The number of rotatable bonds is 6. The van der Waals surface area contributed by atoms with Gasteiger partial charge in [-0.25, -0.2) is 0 Å². The van der Waals surface area contributed by atoms with Crippen LogP contribution in [0.4, 0.5) is 5.69 Å². The second-order valence-electron chi connectivity index (χ2n) is 6.72. The molecule has 0 aliphatic heterocycles. The molecule has 1 aliphatic rings. The zero-order chi connectivity index (χ0) is 18.6. The predicted octanol–water partition coefficient (Wildman–Crippen LogP) is 4.35. The van der Waals surface area contributed by atoms with E-state index < -0.39 is 0 Å². The van der Waals surface area contributed by atoms with Gasteiger partial charge in [-0.3, -0.25) is 4.99 Å². The Hall–Kier alpha value is -1.96. The van der Waals surface area contributed by atoms with Crippen molar-refractivity contribution in [2.75, 3.05) is 33.1 Å². The largest absolute Gasteiger partial charge is 0.493 e. The highest BCUT2D eigenvalue weighted by molar-refractivity contribution is 14.0. The highest BCUT2D eigenvalue weighted by atomic mass is 127. The molecule has 2 aromatic carbocycles. The van der Waals surface area contributed by atoms with Crippen molar-refractivity contribution < 1.29 is 9.47 Å². The van der Waals surface area contributed by atoms with Crippen molar-refractivity contribution in [2.24, 2.45) is 4.99 Å². The van der Waals surface area contributed by atoms with Crippen LogP contribution < -0.4 is 20.1 Å². The van der Waals surface area contributed by atoms with E-state index in [1.807, 2.05) is 18.2 Å². The molecule has 5 nitrogen and oxygen atoms in total. The SMILES string of the molecule is CN=C(NCC1(c2ccccc2C)CC1)Nc1ccc(OC)c(OC)c1.I. The summed E-state index contributed by atoms with van der Waals surface area (Å²) >= 11 is 0. The van der Waals surface area contributed by atoms with E-state index in [0.717, 1.165) is 18.2 Å². The van der Waals surface area contributed by atoms with Crippen LogP contribution in [0.25, 0.3) is 0 Å². The Morgan fingerprint density at radius 3 is 2.37 bits per heavy atom. The number of methoxy groups -OCH3 is 2. The first-order valence-electron chi connectivity index (χ1n) is 8.88. The van der Waals surface area contributed by atoms with Gasteiger partial charge in [0.05, 0.1) is 14.2 Å². The second kappa shape index (κ2) is 9.30. The Kier molecular flexibility index (Phi) is 7.35. The van der Waals surface area contributed by atoms with Crippen LogP contribution in [0.1, 0.15) is 24.0 Å². The zero-order valence-electron chi connectivity index (χ0n) is 16.3. The van der Waals surface area contributed by atoms with Crippen LogP contribution in [0, 0.1) is 6.92 Å². The maximum atomic E-state index is 5.36.